The Morgan fingerprint density at radius 1 is 1.16 bits per heavy atom. The molecular weight excluding hydrogens is 498 g/mol. The molecule has 1 N–H and O–H groups in total. The fourth-order valence-corrected chi connectivity index (χ4v) is 5.11. The molecule has 0 radical (unpaired) electrons. The van der Waals surface area contributed by atoms with Gasteiger partial charge >= 0.3 is 5.97 Å². The van der Waals surface area contributed by atoms with E-state index in [9.17, 15) is 9.59 Å². The highest BCUT2D eigenvalue weighted by Crippen LogP contribution is 2.46. The molecule has 3 heterocycles. The molecule has 9 nitrogen and oxygen atoms in total. The molecule has 192 valence electrons. The highest BCUT2D eigenvalue weighted by Gasteiger charge is 2.34. The maximum atomic E-state index is 12.2. The summed E-state index contributed by atoms with van der Waals surface area (Å²) in [5.74, 6) is -0.260. The zero-order valence-electron chi connectivity index (χ0n) is 20.4. The lowest BCUT2D eigenvalue weighted by molar-refractivity contribution is -0.143. The minimum atomic E-state index is -1.10. The van der Waals surface area contributed by atoms with Gasteiger partial charge in [-0.3, -0.25) is 9.59 Å². The Morgan fingerprint density at radius 3 is 2.76 bits per heavy atom. The van der Waals surface area contributed by atoms with Crippen LogP contribution in [0.25, 0.3) is 5.69 Å². The van der Waals surface area contributed by atoms with E-state index < -0.39 is 18.6 Å². The number of hydrogen-bond donors (Lipinski definition) is 1. The highest BCUT2D eigenvalue weighted by molar-refractivity contribution is 6.30. The van der Waals surface area contributed by atoms with Gasteiger partial charge in [0.1, 0.15) is 12.6 Å². The van der Waals surface area contributed by atoms with Gasteiger partial charge in [-0.2, -0.15) is 5.10 Å². The number of amides is 1. The Kier molecular flexibility index (Phi) is 6.90. The summed E-state index contributed by atoms with van der Waals surface area (Å²) < 4.78 is 20.2. The molecule has 37 heavy (non-hydrogen) atoms. The number of ether oxygens (including phenoxy) is 3. The van der Waals surface area contributed by atoms with Crippen LogP contribution in [0.15, 0.2) is 59.8 Å². The number of aliphatic carboxylic acids is 1. The van der Waals surface area contributed by atoms with E-state index >= 15 is 0 Å². The van der Waals surface area contributed by atoms with Crippen LogP contribution in [0.2, 0.25) is 5.02 Å². The van der Waals surface area contributed by atoms with Crippen LogP contribution in [0.5, 0.6) is 11.5 Å². The van der Waals surface area contributed by atoms with Crippen LogP contribution in [0, 0.1) is 0 Å². The third-order valence-electron chi connectivity index (χ3n) is 6.54. The van der Waals surface area contributed by atoms with E-state index in [-0.39, 0.29) is 18.4 Å². The summed E-state index contributed by atoms with van der Waals surface area (Å²) in [5.41, 5.74) is 4.18. The van der Waals surface area contributed by atoms with Gasteiger partial charge in [0.05, 0.1) is 38.1 Å². The lowest BCUT2D eigenvalue weighted by Crippen LogP contribution is -2.27. The number of carboxylic acids is 1. The van der Waals surface area contributed by atoms with E-state index in [2.05, 4.69) is 9.67 Å². The Balaban J connectivity index is 1.53. The van der Waals surface area contributed by atoms with Gasteiger partial charge in [-0.25, -0.2) is 5.01 Å². The predicted molar refractivity (Wildman–Crippen MR) is 137 cm³/mol. The van der Waals surface area contributed by atoms with Gasteiger partial charge in [0.25, 0.3) is 0 Å². The van der Waals surface area contributed by atoms with Crippen LogP contribution in [-0.2, 0) is 14.3 Å². The first-order valence-corrected chi connectivity index (χ1v) is 12.2. The number of halogens is 1. The molecule has 0 saturated heterocycles. The number of aromatic nitrogens is 1. The highest BCUT2D eigenvalue weighted by atomic mass is 35.5. The van der Waals surface area contributed by atoms with E-state index in [0.29, 0.717) is 35.1 Å². The van der Waals surface area contributed by atoms with Crippen LogP contribution in [0.1, 0.15) is 48.3 Å². The molecule has 2 atom stereocenters. The van der Waals surface area contributed by atoms with Gasteiger partial charge in [-0.05, 0) is 49.2 Å². The second kappa shape index (κ2) is 10.3. The van der Waals surface area contributed by atoms with Crippen LogP contribution >= 0.6 is 11.6 Å². The molecule has 0 unspecified atom stereocenters. The zero-order chi connectivity index (χ0) is 26.1. The molecule has 0 saturated carbocycles. The number of fused-ring (bicyclic) bond motifs is 3. The van der Waals surface area contributed by atoms with E-state index in [1.807, 2.05) is 54.7 Å². The number of hydrogen-bond acceptors (Lipinski definition) is 6. The third kappa shape index (κ3) is 4.80. The van der Waals surface area contributed by atoms with Gasteiger partial charge in [-0.1, -0.05) is 23.7 Å². The fourth-order valence-electron chi connectivity index (χ4n) is 4.93. The van der Waals surface area contributed by atoms with Crippen molar-refractivity contribution in [3.8, 4) is 17.2 Å². The van der Waals surface area contributed by atoms with Gasteiger partial charge in [0.15, 0.2) is 11.5 Å². The number of carbonyl (C=O) groups is 2. The molecule has 2 aromatic carbocycles. The Bertz CT molecular complexity index is 1380. The van der Waals surface area contributed by atoms with Gasteiger partial charge in [0, 0.05) is 28.1 Å². The molecular formula is C27H26ClN3O6. The topological polar surface area (TPSA) is 103 Å². The van der Waals surface area contributed by atoms with Crippen molar-refractivity contribution < 1.29 is 28.9 Å². The summed E-state index contributed by atoms with van der Waals surface area (Å²) in [5, 5.41) is 14.9. The molecule has 2 aliphatic rings. The largest absolute Gasteiger partial charge is 0.493 e. The Labute approximate surface area is 218 Å². The zero-order valence-corrected chi connectivity index (χ0v) is 21.1. The van der Waals surface area contributed by atoms with Crippen LogP contribution in [0.4, 0.5) is 0 Å². The summed E-state index contributed by atoms with van der Waals surface area (Å²) in [7, 11) is 3.18. The number of methoxy groups -OCH3 is 2. The monoisotopic (exact) mass is 523 g/mol. The number of para-hydroxylation sites is 1. The maximum absolute atomic E-state index is 12.2. The van der Waals surface area contributed by atoms with Crippen molar-refractivity contribution in [3.63, 3.8) is 0 Å². The van der Waals surface area contributed by atoms with Crippen molar-refractivity contribution in [2.75, 3.05) is 20.8 Å². The number of benzene rings is 2. The molecule has 0 fully saturated rings. The second-order valence-corrected chi connectivity index (χ2v) is 9.26. The summed E-state index contributed by atoms with van der Waals surface area (Å²) in [6, 6.07) is 15.3. The minimum absolute atomic E-state index is 0.101. The summed E-state index contributed by atoms with van der Waals surface area (Å²) in [6.07, 6.45) is 2.18. The van der Waals surface area contributed by atoms with Crippen LogP contribution in [0.3, 0.4) is 0 Å². The Hall–Kier alpha value is -3.82. The molecule has 2 aliphatic heterocycles. The smallest absolute Gasteiger partial charge is 0.325 e. The summed E-state index contributed by atoms with van der Waals surface area (Å²) in [4.78, 5) is 23.3. The standard InChI is InChI=1S/C27H26ClN3O6/c1-35-23-7-3-5-18(27(23)36-2)26-19-13-16(28)8-10-20(19)30-12-4-6-21(30)22(37-26)11-9-17-14-24(32)31(29-17)15-25(33)34/h3-8,10,12-13,22,26H,9,11,14-15H2,1-2H3,(H,33,34)/t22-,26-/m1/s1. The van der Waals surface area contributed by atoms with E-state index in [1.165, 1.54) is 0 Å². The molecule has 1 aromatic heterocycles. The average molecular weight is 524 g/mol. The average Bonchev–Trinajstić information content (AvgIpc) is 3.47. The summed E-state index contributed by atoms with van der Waals surface area (Å²) >= 11 is 6.45. The van der Waals surface area contributed by atoms with Crippen LogP contribution in [-0.4, -0.2) is 53.0 Å². The normalized spacial score (nSPS) is 18.6. The predicted octanol–water partition coefficient (Wildman–Crippen LogP) is 4.76. The fraction of sp³-hybridized carbons (Fsp3) is 0.296. The molecule has 0 bridgehead atoms. The lowest BCUT2D eigenvalue weighted by atomic mass is 9.98. The van der Waals surface area contributed by atoms with E-state index in [1.54, 1.807) is 14.2 Å². The first-order valence-electron chi connectivity index (χ1n) is 11.8. The number of nitrogens with zero attached hydrogens (tertiary/aromatic N) is 3. The van der Waals surface area contributed by atoms with Crippen molar-refractivity contribution in [3.05, 3.63) is 76.6 Å². The molecule has 10 heteroatoms. The number of rotatable bonds is 8. The minimum Gasteiger partial charge on any atom is -0.493 e. The van der Waals surface area contributed by atoms with Gasteiger partial charge in [0.2, 0.25) is 5.91 Å². The summed E-state index contributed by atoms with van der Waals surface area (Å²) in [6.45, 7) is -0.446. The first kappa shape index (κ1) is 24.9. The SMILES string of the molecule is COc1cccc([C@H]2O[C@H](CCC3=NN(CC(=O)O)C(=O)C3)c3cccn3-c3ccc(Cl)cc32)c1OC. The number of hydrazone groups is 1. The number of carbonyl (C=O) groups excluding carboxylic acids is 1. The van der Waals surface area contributed by atoms with Gasteiger partial charge in [-0.15, -0.1) is 0 Å². The molecule has 0 spiro atoms. The van der Waals surface area contributed by atoms with Crippen molar-refractivity contribution in [2.24, 2.45) is 5.10 Å². The maximum Gasteiger partial charge on any atom is 0.325 e. The van der Waals surface area contributed by atoms with Crippen molar-refractivity contribution in [1.82, 2.24) is 9.58 Å². The van der Waals surface area contributed by atoms with Crippen LogP contribution < -0.4 is 9.47 Å². The molecule has 5 rings (SSSR count). The third-order valence-corrected chi connectivity index (χ3v) is 6.78. The van der Waals surface area contributed by atoms with Crippen molar-refractivity contribution >= 4 is 29.2 Å². The van der Waals surface area contributed by atoms with Crippen molar-refractivity contribution in [2.45, 2.75) is 31.5 Å². The van der Waals surface area contributed by atoms with E-state index in [0.717, 1.165) is 27.5 Å². The van der Waals surface area contributed by atoms with Gasteiger partial charge < -0.3 is 23.9 Å². The first-order chi connectivity index (χ1) is 17.9. The van der Waals surface area contributed by atoms with Crippen molar-refractivity contribution in [1.29, 1.82) is 0 Å². The molecule has 0 aliphatic carbocycles. The van der Waals surface area contributed by atoms with E-state index in [4.69, 9.17) is 30.9 Å². The lowest BCUT2D eigenvalue weighted by Gasteiger charge is -2.25. The Morgan fingerprint density at radius 2 is 2.00 bits per heavy atom. The quantitative estimate of drug-likeness (QED) is 0.456. The molecule has 1 amide bonds. The number of carboxylic acid groups (broad SMARTS) is 1. The second-order valence-electron chi connectivity index (χ2n) is 8.82. The molecule has 3 aromatic rings.